The van der Waals surface area contributed by atoms with Crippen molar-refractivity contribution < 1.29 is 9.53 Å². The predicted octanol–water partition coefficient (Wildman–Crippen LogP) is 5.13. The van der Waals surface area contributed by atoms with Crippen LogP contribution in [0.1, 0.15) is 30.0 Å². The van der Waals surface area contributed by atoms with Crippen molar-refractivity contribution in [3.05, 3.63) is 63.1 Å². The van der Waals surface area contributed by atoms with Crippen LogP contribution >= 0.6 is 23.2 Å². The lowest BCUT2D eigenvalue weighted by molar-refractivity contribution is -0.121. The summed E-state index contributed by atoms with van der Waals surface area (Å²) in [4.78, 5) is 12.1. The minimum Gasteiger partial charge on any atom is -0.491 e. The normalized spacial score (nSPS) is 11.9. The van der Waals surface area contributed by atoms with E-state index in [-0.39, 0.29) is 11.9 Å². The van der Waals surface area contributed by atoms with Crippen LogP contribution in [0.5, 0.6) is 5.75 Å². The van der Waals surface area contributed by atoms with Crippen LogP contribution in [0.15, 0.2) is 36.4 Å². The fourth-order valence-corrected chi connectivity index (χ4v) is 2.69. The lowest BCUT2D eigenvalue weighted by atomic mass is 10.1. The number of amides is 1. The molecule has 0 aliphatic carbocycles. The highest BCUT2D eigenvalue weighted by Gasteiger charge is 2.09. The summed E-state index contributed by atoms with van der Waals surface area (Å²) >= 11 is 11.9. The van der Waals surface area contributed by atoms with Crippen molar-refractivity contribution in [1.29, 1.82) is 0 Å². The Balaban J connectivity index is 1.75. The molecule has 0 bridgehead atoms. The van der Waals surface area contributed by atoms with Gasteiger partial charge in [0.2, 0.25) is 5.91 Å². The molecule has 0 aliphatic heterocycles. The molecule has 1 amide bonds. The van der Waals surface area contributed by atoms with Crippen molar-refractivity contribution in [2.75, 3.05) is 6.61 Å². The van der Waals surface area contributed by atoms with Gasteiger partial charge in [-0.2, -0.15) is 0 Å². The Labute approximate surface area is 159 Å². The van der Waals surface area contributed by atoms with Crippen LogP contribution < -0.4 is 10.1 Å². The average molecular weight is 380 g/mol. The molecule has 134 valence electrons. The number of benzene rings is 2. The molecule has 0 radical (unpaired) electrons. The monoisotopic (exact) mass is 379 g/mol. The number of rotatable bonds is 7. The van der Waals surface area contributed by atoms with Gasteiger partial charge in [-0.05, 0) is 68.1 Å². The maximum absolute atomic E-state index is 12.1. The zero-order valence-corrected chi connectivity index (χ0v) is 16.2. The molecule has 5 heteroatoms. The molecular formula is C20H23Cl2NO2. The van der Waals surface area contributed by atoms with Gasteiger partial charge < -0.3 is 10.1 Å². The van der Waals surface area contributed by atoms with Gasteiger partial charge in [0.1, 0.15) is 12.4 Å². The van der Waals surface area contributed by atoms with Crippen LogP contribution in [0.4, 0.5) is 0 Å². The first kappa shape index (κ1) is 19.6. The summed E-state index contributed by atoms with van der Waals surface area (Å²) < 4.78 is 5.75. The number of hydrogen-bond donors (Lipinski definition) is 1. The maximum Gasteiger partial charge on any atom is 0.220 e. The first-order valence-corrected chi connectivity index (χ1v) is 9.04. The second-order valence-electron chi connectivity index (χ2n) is 6.27. The van der Waals surface area contributed by atoms with Crippen LogP contribution in [-0.4, -0.2) is 18.6 Å². The third-order valence-electron chi connectivity index (χ3n) is 4.01. The molecule has 0 saturated heterocycles. The number of hydrogen-bond acceptors (Lipinski definition) is 2. The van der Waals surface area contributed by atoms with Gasteiger partial charge in [0, 0.05) is 6.42 Å². The van der Waals surface area contributed by atoms with Gasteiger partial charge in [-0.15, -0.1) is 0 Å². The van der Waals surface area contributed by atoms with Crippen LogP contribution in [0, 0.1) is 13.8 Å². The second kappa shape index (κ2) is 9.12. The Bertz CT molecular complexity index is 746. The van der Waals surface area contributed by atoms with Crippen molar-refractivity contribution >= 4 is 29.1 Å². The minimum absolute atomic E-state index is 0.0118. The number of halogens is 2. The Morgan fingerprint density at radius 3 is 2.52 bits per heavy atom. The van der Waals surface area contributed by atoms with Crippen LogP contribution in [0.25, 0.3) is 0 Å². The number of nitrogens with one attached hydrogen (secondary N) is 1. The molecule has 1 N–H and O–H groups in total. The van der Waals surface area contributed by atoms with Gasteiger partial charge in [0.15, 0.2) is 0 Å². The molecule has 0 fully saturated rings. The van der Waals surface area contributed by atoms with E-state index in [9.17, 15) is 4.79 Å². The van der Waals surface area contributed by atoms with Crippen molar-refractivity contribution in [1.82, 2.24) is 5.32 Å². The van der Waals surface area contributed by atoms with E-state index in [1.807, 2.05) is 31.2 Å². The smallest absolute Gasteiger partial charge is 0.220 e. The summed E-state index contributed by atoms with van der Waals surface area (Å²) in [6.45, 7) is 6.48. The second-order valence-corrected chi connectivity index (χ2v) is 7.09. The van der Waals surface area contributed by atoms with E-state index in [1.54, 1.807) is 12.1 Å². The third-order valence-corrected chi connectivity index (χ3v) is 4.75. The Hall–Kier alpha value is -1.71. The molecule has 2 aromatic rings. The molecule has 0 saturated carbocycles. The van der Waals surface area contributed by atoms with E-state index >= 15 is 0 Å². The number of aryl methyl sites for hydroxylation is 3. The van der Waals surface area contributed by atoms with E-state index in [1.165, 1.54) is 11.1 Å². The largest absolute Gasteiger partial charge is 0.491 e. The zero-order chi connectivity index (χ0) is 18.4. The van der Waals surface area contributed by atoms with Crippen molar-refractivity contribution in [2.45, 2.75) is 39.7 Å². The fraction of sp³-hybridized carbons (Fsp3) is 0.350. The first-order valence-electron chi connectivity index (χ1n) is 8.28. The molecule has 2 aromatic carbocycles. The van der Waals surface area contributed by atoms with Crippen LogP contribution in [0.3, 0.4) is 0 Å². The molecule has 2 rings (SSSR count). The number of ether oxygens (including phenoxy) is 1. The topological polar surface area (TPSA) is 38.3 Å². The summed E-state index contributed by atoms with van der Waals surface area (Å²) in [5.41, 5.74) is 3.41. The summed E-state index contributed by atoms with van der Waals surface area (Å²) in [6, 6.07) is 11.3. The minimum atomic E-state index is -0.0667. The van der Waals surface area contributed by atoms with Crippen molar-refractivity contribution in [3.8, 4) is 5.75 Å². The number of carbonyl (C=O) groups excluding carboxylic acids is 1. The molecule has 3 nitrogen and oxygen atoms in total. The average Bonchev–Trinajstić information content (AvgIpc) is 2.57. The molecule has 0 aromatic heterocycles. The molecule has 25 heavy (non-hydrogen) atoms. The lowest BCUT2D eigenvalue weighted by Gasteiger charge is -2.16. The molecule has 0 unspecified atom stereocenters. The zero-order valence-electron chi connectivity index (χ0n) is 14.7. The van der Waals surface area contributed by atoms with E-state index in [4.69, 9.17) is 27.9 Å². The Kier molecular flexibility index (Phi) is 7.15. The maximum atomic E-state index is 12.1. The van der Waals surface area contributed by atoms with E-state index < -0.39 is 0 Å². The summed E-state index contributed by atoms with van der Waals surface area (Å²) in [6.07, 6.45) is 1.01. The first-order chi connectivity index (χ1) is 11.8. The fourth-order valence-electron chi connectivity index (χ4n) is 2.37. The molecule has 1 atom stereocenters. The van der Waals surface area contributed by atoms with E-state index in [0.29, 0.717) is 29.5 Å². The molecule has 0 heterocycles. The Morgan fingerprint density at radius 1 is 1.08 bits per heavy atom. The van der Waals surface area contributed by atoms with Gasteiger partial charge in [0.25, 0.3) is 0 Å². The molecule has 0 aliphatic rings. The van der Waals surface area contributed by atoms with Gasteiger partial charge in [-0.1, -0.05) is 35.3 Å². The third kappa shape index (κ3) is 6.26. The quantitative estimate of drug-likeness (QED) is 0.724. The van der Waals surface area contributed by atoms with E-state index in [2.05, 4.69) is 19.2 Å². The van der Waals surface area contributed by atoms with Gasteiger partial charge >= 0.3 is 0 Å². The van der Waals surface area contributed by atoms with Crippen molar-refractivity contribution in [3.63, 3.8) is 0 Å². The summed E-state index contributed by atoms with van der Waals surface area (Å²) in [5.74, 6) is 0.808. The SMILES string of the molecule is Cc1ccc(OC[C@H](C)NC(=O)CCc2ccc(Cl)c(Cl)c2)cc1C. The highest BCUT2D eigenvalue weighted by atomic mass is 35.5. The molecule has 0 spiro atoms. The Morgan fingerprint density at radius 2 is 1.84 bits per heavy atom. The lowest BCUT2D eigenvalue weighted by Crippen LogP contribution is -2.36. The predicted molar refractivity (Wildman–Crippen MR) is 104 cm³/mol. The van der Waals surface area contributed by atoms with Gasteiger partial charge in [-0.3, -0.25) is 4.79 Å². The van der Waals surface area contributed by atoms with Crippen LogP contribution in [0.2, 0.25) is 10.0 Å². The van der Waals surface area contributed by atoms with Crippen molar-refractivity contribution in [2.24, 2.45) is 0 Å². The van der Waals surface area contributed by atoms with E-state index in [0.717, 1.165) is 11.3 Å². The standard InChI is InChI=1S/C20H23Cl2NO2/c1-13-4-7-17(10-14(13)2)25-12-15(3)23-20(24)9-6-16-5-8-18(21)19(22)11-16/h4-5,7-8,10-11,15H,6,9,12H2,1-3H3,(H,23,24)/t15-/m0/s1. The summed E-state index contributed by atoms with van der Waals surface area (Å²) in [7, 11) is 0. The number of carbonyl (C=O) groups is 1. The highest BCUT2D eigenvalue weighted by molar-refractivity contribution is 6.42. The summed E-state index contributed by atoms with van der Waals surface area (Å²) in [5, 5.41) is 3.98. The molecular weight excluding hydrogens is 357 g/mol. The van der Waals surface area contributed by atoms with Crippen LogP contribution in [-0.2, 0) is 11.2 Å². The van der Waals surface area contributed by atoms with Gasteiger partial charge in [0.05, 0.1) is 16.1 Å². The van der Waals surface area contributed by atoms with Gasteiger partial charge in [-0.25, -0.2) is 0 Å². The highest BCUT2D eigenvalue weighted by Crippen LogP contribution is 2.23.